The van der Waals surface area contributed by atoms with Crippen LogP contribution in [0.5, 0.6) is 0 Å². The zero-order chi connectivity index (χ0) is 17.0. The average Bonchev–Trinajstić information content (AvgIpc) is 2.48. The molecular weight excluding hydrogens is 306 g/mol. The quantitative estimate of drug-likeness (QED) is 0.617. The van der Waals surface area contributed by atoms with Crippen molar-refractivity contribution in [3.05, 3.63) is 68.3 Å². The Hall–Kier alpha value is -3.49. The van der Waals surface area contributed by atoms with Gasteiger partial charge < -0.3 is 10.4 Å². The molecule has 0 bridgehead atoms. The average molecular weight is 317 g/mol. The van der Waals surface area contributed by atoms with E-state index in [-0.39, 0.29) is 12.1 Å². The van der Waals surface area contributed by atoms with Crippen molar-refractivity contribution in [2.24, 2.45) is 0 Å². The van der Waals surface area contributed by atoms with Gasteiger partial charge in [-0.05, 0) is 11.6 Å². The predicted molar refractivity (Wildman–Crippen MR) is 80.8 cm³/mol. The number of non-ortho nitro benzene ring substituents is 2. The van der Waals surface area contributed by atoms with E-state index in [1.54, 1.807) is 24.3 Å². The van der Waals surface area contributed by atoms with Crippen molar-refractivity contribution >= 4 is 28.7 Å². The van der Waals surface area contributed by atoms with Crippen molar-refractivity contribution in [1.82, 2.24) is 0 Å². The highest BCUT2D eigenvalue weighted by Crippen LogP contribution is 2.29. The first-order chi connectivity index (χ1) is 10.9. The highest BCUT2D eigenvalue weighted by atomic mass is 16.6. The minimum Gasteiger partial charge on any atom is -0.481 e. The summed E-state index contributed by atoms with van der Waals surface area (Å²) < 4.78 is 0. The molecule has 0 saturated heterocycles. The Morgan fingerprint density at radius 3 is 2.13 bits per heavy atom. The Kier molecular flexibility index (Phi) is 4.50. The number of rotatable bonds is 6. The summed E-state index contributed by atoms with van der Waals surface area (Å²) >= 11 is 0. The topological polar surface area (TPSA) is 136 Å². The standard InChI is InChI=1S/C14H11N3O6/c18-14(19)5-9-3-1-2-4-13(9)15-10-6-11(16(20)21)8-12(7-10)17(22)23/h1-4,6-8,15H,5H2,(H,18,19). The highest BCUT2D eigenvalue weighted by molar-refractivity contribution is 5.75. The molecule has 0 spiro atoms. The van der Waals surface area contributed by atoms with Crippen LogP contribution in [0, 0.1) is 20.2 Å². The molecule has 0 amide bonds. The number of nitrogens with one attached hydrogen (secondary N) is 1. The number of carboxylic acids is 1. The molecule has 0 aliphatic rings. The summed E-state index contributed by atoms with van der Waals surface area (Å²) in [5.74, 6) is -1.04. The maximum absolute atomic E-state index is 10.9. The number of hydrogen-bond acceptors (Lipinski definition) is 6. The summed E-state index contributed by atoms with van der Waals surface area (Å²) in [6, 6.07) is 9.62. The van der Waals surface area contributed by atoms with Crippen molar-refractivity contribution < 1.29 is 19.7 Å². The van der Waals surface area contributed by atoms with Crippen LogP contribution in [0.15, 0.2) is 42.5 Å². The lowest BCUT2D eigenvalue weighted by Gasteiger charge is -2.10. The van der Waals surface area contributed by atoms with Gasteiger partial charge in [-0.1, -0.05) is 18.2 Å². The second kappa shape index (κ2) is 6.52. The van der Waals surface area contributed by atoms with Gasteiger partial charge in [0.1, 0.15) is 0 Å². The number of hydrogen-bond donors (Lipinski definition) is 2. The third-order valence-electron chi connectivity index (χ3n) is 2.96. The van der Waals surface area contributed by atoms with E-state index in [1.807, 2.05) is 0 Å². The van der Waals surface area contributed by atoms with Crippen LogP contribution in [0.3, 0.4) is 0 Å². The molecule has 0 atom stereocenters. The van der Waals surface area contributed by atoms with Crippen LogP contribution in [0.4, 0.5) is 22.7 Å². The summed E-state index contributed by atoms with van der Waals surface area (Å²) in [5, 5.41) is 33.4. The van der Waals surface area contributed by atoms with Crippen LogP contribution in [0.25, 0.3) is 0 Å². The number of carboxylic acid groups (broad SMARTS) is 1. The van der Waals surface area contributed by atoms with Crippen LogP contribution >= 0.6 is 0 Å². The first kappa shape index (κ1) is 15.9. The second-order valence-electron chi connectivity index (χ2n) is 4.60. The minimum absolute atomic E-state index is 0.128. The fourth-order valence-corrected chi connectivity index (χ4v) is 1.99. The number of nitro groups is 2. The summed E-state index contributed by atoms with van der Waals surface area (Å²) in [7, 11) is 0. The SMILES string of the molecule is O=C(O)Cc1ccccc1Nc1cc([N+](=O)[O-])cc([N+](=O)[O-])c1. The lowest BCUT2D eigenvalue weighted by Crippen LogP contribution is -2.04. The molecule has 2 N–H and O–H groups in total. The van der Waals surface area contributed by atoms with Gasteiger partial charge in [-0.3, -0.25) is 25.0 Å². The zero-order valence-corrected chi connectivity index (χ0v) is 11.6. The van der Waals surface area contributed by atoms with Crippen molar-refractivity contribution in [1.29, 1.82) is 0 Å². The monoisotopic (exact) mass is 317 g/mol. The summed E-state index contributed by atoms with van der Waals surface area (Å²) in [6.07, 6.45) is -0.250. The van der Waals surface area contributed by atoms with Crippen LogP contribution < -0.4 is 5.32 Å². The van der Waals surface area contributed by atoms with Crippen LogP contribution in [-0.4, -0.2) is 20.9 Å². The van der Waals surface area contributed by atoms with Crippen molar-refractivity contribution in [3.8, 4) is 0 Å². The van der Waals surface area contributed by atoms with E-state index >= 15 is 0 Å². The molecule has 9 heteroatoms. The van der Waals surface area contributed by atoms with Gasteiger partial charge in [-0.15, -0.1) is 0 Å². The van der Waals surface area contributed by atoms with Gasteiger partial charge in [0.05, 0.1) is 28.0 Å². The molecule has 2 rings (SSSR count). The van der Waals surface area contributed by atoms with Crippen LogP contribution in [0.1, 0.15) is 5.56 Å². The van der Waals surface area contributed by atoms with Gasteiger partial charge in [0.2, 0.25) is 0 Å². The summed E-state index contributed by atoms with van der Waals surface area (Å²) in [5.41, 5.74) is 0.123. The van der Waals surface area contributed by atoms with Crippen molar-refractivity contribution in [2.45, 2.75) is 6.42 Å². The Balaban J connectivity index is 2.42. The Bertz CT molecular complexity index is 758. The molecule has 9 nitrogen and oxygen atoms in total. The van der Waals surface area contributed by atoms with E-state index in [0.717, 1.165) is 18.2 Å². The number of nitrogens with zero attached hydrogens (tertiary/aromatic N) is 2. The molecule has 2 aromatic rings. The molecule has 0 unspecified atom stereocenters. The number of para-hydroxylation sites is 1. The van der Waals surface area contributed by atoms with Gasteiger partial charge in [-0.25, -0.2) is 0 Å². The second-order valence-corrected chi connectivity index (χ2v) is 4.60. The Morgan fingerprint density at radius 1 is 1.04 bits per heavy atom. The first-order valence-electron chi connectivity index (χ1n) is 6.37. The van der Waals surface area contributed by atoms with E-state index in [0.29, 0.717) is 11.3 Å². The lowest BCUT2D eigenvalue weighted by molar-refractivity contribution is -0.394. The van der Waals surface area contributed by atoms with E-state index in [2.05, 4.69) is 5.32 Å². The molecular formula is C14H11N3O6. The third kappa shape index (κ3) is 4.00. The molecule has 2 aromatic carbocycles. The van der Waals surface area contributed by atoms with Gasteiger partial charge in [0.15, 0.2) is 0 Å². The van der Waals surface area contributed by atoms with E-state index in [9.17, 15) is 25.0 Å². The van der Waals surface area contributed by atoms with Crippen LogP contribution in [-0.2, 0) is 11.2 Å². The van der Waals surface area contributed by atoms with E-state index in [1.165, 1.54) is 0 Å². The molecule has 0 radical (unpaired) electrons. The van der Waals surface area contributed by atoms with Crippen molar-refractivity contribution in [3.63, 3.8) is 0 Å². The molecule has 0 aromatic heterocycles. The zero-order valence-electron chi connectivity index (χ0n) is 11.6. The third-order valence-corrected chi connectivity index (χ3v) is 2.96. The summed E-state index contributed by atoms with van der Waals surface area (Å²) in [6.45, 7) is 0. The molecule has 0 aliphatic heterocycles. The number of anilines is 2. The Labute approximate surface area is 129 Å². The van der Waals surface area contributed by atoms with Gasteiger partial charge >= 0.3 is 5.97 Å². The Morgan fingerprint density at radius 2 is 1.61 bits per heavy atom. The largest absolute Gasteiger partial charge is 0.481 e. The molecule has 0 saturated carbocycles. The minimum atomic E-state index is -1.04. The lowest BCUT2D eigenvalue weighted by atomic mass is 10.1. The van der Waals surface area contributed by atoms with E-state index in [4.69, 9.17) is 5.11 Å². The van der Waals surface area contributed by atoms with Gasteiger partial charge in [0, 0.05) is 17.8 Å². The number of carbonyl (C=O) groups is 1. The highest BCUT2D eigenvalue weighted by Gasteiger charge is 2.17. The maximum atomic E-state index is 10.9. The van der Waals surface area contributed by atoms with Crippen LogP contribution in [0.2, 0.25) is 0 Å². The van der Waals surface area contributed by atoms with Gasteiger partial charge in [-0.2, -0.15) is 0 Å². The summed E-state index contributed by atoms with van der Waals surface area (Å²) in [4.78, 5) is 31.1. The van der Waals surface area contributed by atoms with E-state index < -0.39 is 27.2 Å². The number of benzene rings is 2. The fraction of sp³-hybridized carbons (Fsp3) is 0.0714. The van der Waals surface area contributed by atoms with Crippen molar-refractivity contribution in [2.75, 3.05) is 5.32 Å². The molecule has 0 heterocycles. The van der Waals surface area contributed by atoms with Gasteiger partial charge in [0.25, 0.3) is 11.4 Å². The molecule has 0 aliphatic carbocycles. The number of aliphatic carboxylic acids is 1. The maximum Gasteiger partial charge on any atom is 0.307 e. The predicted octanol–water partition coefficient (Wildman–Crippen LogP) is 2.87. The molecule has 0 fully saturated rings. The molecule has 118 valence electrons. The normalized spacial score (nSPS) is 10.1. The molecule has 23 heavy (non-hydrogen) atoms. The fourth-order valence-electron chi connectivity index (χ4n) is 1.99. The number of nitro benzene ring substituents is 2. The first-order valence-corrected chi connectivity index (χ1v) is 6.37. The smallest absolute Gasteiger partial charge is 0.307 e.